The zero-order chi connectivity index (χ0) is 15.1. The molecule has 0 aliphatic carbocycles. The molecule has 1 aromatic carbocycles. The van der Waals surface area contributed by atoms with Crippen molar-refractivity contribution in [3.8, 4) is 0 Å². The molecular weight excluding hydrogens is 280 g/mol. The Balaban J connectivity index is 1.99. The lowest BCUT2D eigenvalue weighted by atomic mass is 10.0. The van der Waals surface area contributed by atoms with Gasteiger partial charge in [0.15, 0.2) is 0 Å². The number of nitrogens with two attached hydrogens (primary N) is 1. The number of benzene rings is 1. The second kappa shape index (κ2) is 7.96. The number of carbonyl (C=O) groups is 1. The monoisotopic (exact) mass is 302 g/mol. The molecule has 1 heterocycles. The predicted octanol–water partition coefficient (Wildman–Crippen LogP) is 2.88. The fourth-order valence-electron chi connectivity index (χ4n) is 2.33. The number of carbonyl (C=O) groups excluding carboxylic acids is 1. The SMILES string of the molecule is CC(C(=O)N(CCN)CCc1ccccc1)c1ccsc1. The van der Waals surface area contributed by atoms with Gasteiger partial charge in [-0.3, -0.25) is 4.79 Å². The van der Waals surface area contributed by atoms with Crippen LogP contribution in [0.3, 0.4) is 0 Å². The van der Waals surface area contributed by atoms with E-state index in [1.165, 1.54) is 5.56 Å². The van der Waals surface area contributed by atoms with E-state index in [0.717, 1.165) is 12.0 Å². The van der Waals surface area contributed by atoms with E-state index in [0.29, 0.717) is 19.6 Å². The van der Waals surface area contributed by atoms with Crippen LogP contribution in [-0.4, -0.2) is 30.4 Å². The van der Waals surface area contributed by atoms with Crippen LogP contribution in [0.25, 0.3) is 0 Å². The summed E-state index contributed by atoms with van der Waals surface area (Å²) in [5, 5.41) is 4.05. The largest absolute Gasteiger partial charge is 0.341 e. The van der Waals surface area contributed by atoms with E-state index in [1.807, 2.05) is 46.8 Å². The van der Waals surface area contributed by atoms with Crippen molar-refractivity contribution in [2.24, 2.45) is 5.73 Å². The maximum atomic E-state index is 12.6. The number of amides is 1. The standard InChI is InChI=1S/C17H22N2OS/c1-14(16-8-12-21-13-16)17(20)19(11-9-18)10-7-15-5-3-2-4-6-15/h2-6,8,12-14H,7,9-11,18H2,1H3. The number of rotatable bonds is 7. The van der Waals surface area contributed by atoms with E-state index < -0.39 is 0 Å². The Kier molecular flexibility index (Phi) is 5.96. The molecule has 0 saturated heterocycles. The summed E-state index contributed by atoms with van der Waals surface area (Å²) < 4.78 is 0. The summed E-state index contributed by atoms with van der Waals surface area (Å²) in [6.45, 7) is 3.79. The summed E-state index contributed by atoms with van der Waals surface area (Å²) in [6, 6.07) is 12.3. The molecule has 2 N–H and O–H groups in total. The van der Waals surface area contributed by atoms with Crippen LogP contribution in [0.5, 0.6) is 0 Å². The average Bonchev–Trinajstić information content (AvgIpc) is 3.05. The van der Waals surface area contributed by atoms with Crippen molar-refractivity contribution < 1.29 is 4.79 Å². The van der Waals surface area contributed by atoms with Gasteiger partial charge < -0.3 is 10.6 Å². The summed E-state index contributed by atoms with van der Waals surface area (Å²) in [7, 11) is 0. The van der Waals surface area contributed by atoms with Crippen molar-refractivity contribution in [2.45, 2.75) is 19.3 Å². The molecule has 1 aromatic heterocycles. The fourth-order valence-corrected chi connectivity index (χ4v) is 3.09. The highest BCUT2D eigenvalue weighted by molar-refractivity contribution is 7.08. The minimum absolute atomic E-state index is 0.0985. The van der Waals surface area contributed by atoms with Crippen LogP contribution in [-0.2, 0) is 11.2 Å². The molecule has 1 atom stereocenters. The van der Waals surface area contributed by atoms with Gasteiger partial charge in [-0.1, -0.05) is 30.3 Å². The van der Waals surface area contributed by atoms with Gasteiger partial charge in [0.2, 0.25) is 5.91 Å². The van der Waals surface area contributed by atoms with Crippen LogP contribution in [0.1, 0.15) is 24.0 Å². The van der Waals surface area contributed by atoms with Crippen molar-refractivity contribution in [3.05, 3.63) is 58.3 Å². The minimum atomic E-state index is -0.0985. The van der Waals surface area contributed by atoms with Gasteiger partial charge in [0.25, 0.3) is 0 Å². The third-order valence-corrected chi connectivity index (χ3v) is 4.34. The van der Waals surface area contributed by atoms with E-state index in [9.17, 15) is 4.79 Å². The lowest BCUT2D eigenvalue weighted by Gasteiger charge is -2.25. The van der Waals surface area contributed by atoms with E-state index in [4.69, 9.17) is 5.73 Å². The molecule has 0 aliphatic heterocycles. The van der Waals surface area contributed by atoms with Gasteiger partial charge in [0, 0.05) is 19.6 Å². The number of hydrogen-bond donors (Lipinski definition) is 1. The van der Waals surface area contributed by atoms with Crippen molar-refractivity contribution in [3.63, 3.8) is 0 Å². The van der Waals surface area contributed by atoms with Gasteiger partial charge in [0.05, 0.1) is 5.92 Å². The second-order valence-electron chi connectivity index (χ2n) is 5.13. The molecule has 4 heteroatoms. The molecule has 0 radical (unpaired) electrons. The summed E-state index contributed by atoms with van der Waals surface area (Å²) in [4.78, 5) is 14.5. The maximum absolute atomic E-state index is 12.6. The van der Waals surface area contributed by atoms with Gasteiger partial charge in [0.1, 0.15) is 0 Å². The Morgan fingerprint density at radius 1 is 1.24 bits per heavy atom. The molecule has 0 aliphatic rings. The molecule has 0 bridgehead atoms. The quantitative estimate of drug-likeness (QED) is 0.855. The number of hydrogen-bond acceptors (Lipinski definition) is 3. The zero-order valence-corrected chi connectivity index (χ0v) is 13.2. The highest BCUT2D eigenvalue weighted by Gasteiger charge is 2.21. The molecule has 1 amide bonds. The van der Waals surface area contributed by atoms with E-state index in [1.54, 1.807) is 11.3 Å². The van der Waals surface area contributed by atoms with Crippen LogP contribution in [0.15, 0.2) is 47.2 Å². The van der Waals surface area contributed by atoms with E-state index >= 15 is 0 Å². The zero-order valence-electron chi connectivity index (χ0n) is 12.4. The molecular formula is C17H22N2OS. The molecule has 0 spiro atoms. The smallest absolute Gasteiger partial charge is 0.229 e. The van der Waals surface area contributed by atoms with Gasteiger partial charge in [-0.05, 0) is 41.3 Å². The Bertz CT molecular complexity index is 539. The molecule has 0 saturated carbocycles. The highest BCUT2D eigenvalue weighted by Crippen LogP contribution is 2.20. The molecule has 2 rings (SSSR count). The first-order valence-corrected chi connectivity index (χ1v) is 8.21. The van der Waals surface area contributed by atoms with E-state index in [-0.39, 0.29) is 11.8 Å². The molecule has 21 heavy (non-hydrogen) atoms. The average molecular weight is 302 g/mol. The third kappa shape index (κ3) is 4.41. The molecule has 112 valence electrons. The fraction of sp³-hybridized carbons (Fsp3) is 0.353. The van der Waals surface area contributed by atoms with Crippen molar-refractivity contribution in [1.29, 1.82) is 0 Å². The highest BCUT2D eigenvalue weighted by atomic mass is 32.1. The summed E-state index contributed by atoms with van der Waals surface area (Å²) in [5.41, 5.74) is 8.00. The Labute approximate surface area is 130 Å². The lowest BCUT2D eigenvalue weighted by Crippen LogP contribution is -2.39. The van der Waals surface area contributed by atoms with Crippen LogP contribution in [0.2, 0.25) is 0 Å². The number of nitrogens with zero attached hydrogens (tertiary/aromatic N) is 1. The van der Waals surface area contributed by atoms with Gasteiger partial charge in [-0.25, -0.2) is 0 Å². The minimum Gasteiger partial charge on any atom is -0.341 e. The summed E-state index contributed by atoms with van der Waals surface area (Å²) >= 11 is 1.63. The van der Waals surface area contributed by atoms with Gasteiger partial charge >= 0.3 is 0 Å². The van der Waals surface area contributed by atoms with Crippen LogP contribution < -0.4 is 5.73 Å². The van der Waals surface area contributed by atoms with Crippen LogP contribution in [0, 0.1) is 0 Å². The molecule has 1 unspecified atom stereocenters. The third-order valence-electron chi connectivity index (χ3n) is 3.64. The molecule has 2 aromatic rings. The second-order valence-corrected chi connectivity index (χ2v) is 5.91. The molecule has 0 fully saturated rings. The normalized spacial score (nSPS) is 12.1. The van der Waals surface area contributed by atoms with Crippen LogP contribution >= 0.6 is 11.3 Å². The van der Waals surface area contributed by atoms with Crippen molar-refractivity contribution >= 4 is 17.2 Å². The summed E-state index contributed by atoms with van der Waals surface area (Å²) in [5.74, 6) is 0.0633. The van der Waals surface area contributed by atoms with Gasteiger partial charge in [-0.2, -0.15) is 11.3 Å². The Hall–Kier alpha value is -1.65. The topological polar surface area (TPSA) is 46.3 Å². The summed E-state index contributed by atoms with van der Waals surface area (Å²) in [6.07, 6.45) is 0.864. The number of thiophene rings is 1. The molecule has 3 nitrogen and oxygen atoms in total. The predicted molar refractivity (Wildman–Crippen MR) is 88.5 cm³/mol. The van der Waals surface area contributed by atoms with E-state index in [2.05, 4.69) is 12.1 Å². The Morgan fingerprint density at radius 3 is 2.62 bits per heavy atom. The first-order chi connectivity index (χ1) is 10.2. The van der Waals surface area contributed by atoms with Gasteiger partial charge in [-0.15, -0.1) is 0 Å². The Morgan fingerprint density at radius 2 is 2.00 bits per heavy atom. The first-order valence-electron chi connectivity index (χ1n) is 7.27. The van der Waals surface area contributed by atoms with Crippen molar-refractivity contribution in [1.82, 2.24) is 4.90 Å². The first kappa shape index (κ1) is 15.7. The lowest BCUT2D eigenvalue weighted by molar-refractivity contribution is -0.132. The van der Waals surface area contributed by atoms with Crippen molar-refractivity contribution in [2.75, 3.05) is 19.6 Å². The maximum Gasteiger partial charge on any atom is 0.229 e. The van der Waals surface area contributed by atoms with Crippen LogP contribution in [0.4, 0.5) is 0 Å².